The fourth-order valence-electron chi connectivity index (χ4n) is 1.54. The Balaban J connectivity index is 1.95. The molecule has 2 rings (SSSR count). The third-order valence-corrected chi connectivity index (χ3v) is 2.70. The van der Waals surface area contributed by atoms with Gasteiger partial charge in [0.25, 0.3) is 0 Å². The maximum absolute atomic E-state index is 5.76. The van der Waals surface area contributed by atoms with Crippen molar-refractivity contribution >= 4 is 15.9 Å². The minimum absolute atomic E-state index is 0.318. The van der Waals surface area contributed by atoms with Crippen molar-refractivity contribution in [2.75, 3.05) is 13.1 Å². The topological polar surface area (TPSA) is 34.1 Å². The molecule has 0 aliphatic carbocycles. The molecule has 3 nitrogen and oxygen atoms in total. The summed E-state index contributed by atoms with van der Waals surface area (Å²) in [7, 11) is 0. The Morgan fingerprint density at radius 2 is 2.14 bits per heavy atom. The second-order valence-electron chi connectivity index (χ2n) is 3.37. The van der Waals surface area contributed by atoms with Gasteiger partial charge >= 0.3 is 0 Å². The molecule has 76 valence electrons. The van der Waals surface area contributed by atoms with E-state index in [9.17, 15) is 0 Å². The van der Waals surface area contributed by atoms with Crippen LogP contribution >= 0.6 is 15.9 Å². The first-order chi connectivity index (χ1) is 6.84. The Labute approximate surface area is 92.0 Å². The standard InChI is InChI=1S/C10H13BrN2O/c11-9-2-1-3-10(13-9)14-8-4-6-12-7-5-8/h1-3,8,12H,4-7H2. The van der Waals surface area contributed by atoms with Gasteiger partial charge in [-0.05, 0) is 47.9 Å². The third kappa shape index (κ3) is 2.69. The monoisotopic (exact) mass is 256 g/mol. The maximum Gasteiger partial charge on any atom is 0.214 e. The van der Waals surface area contributed by atoms with E-state index in [1.165, 1.54) is 0 Å². The maximum atomic E-state index is 5.76. The predicted octanol–water partition coefficient (Wildman–Crippen LogP) is 1.97. The summed E-state index contributed by atoms with van der Waals surface area (Å²) >= 11 is 3.32. The van der Waals surface area contributed by atoms with E-state index < -0.39 is 0 Å². The highest BCUT2D eigenvalue weighted by atomic mass is 79.9. The Kier molecular flexibility index (Phi) is 3.37. The van der Waals surface area contributed by atoms with E-state index in [0.717, 1.165) is 30.5 Å². The number of piperidine rings is 1. The van der Waals surface area contributed by atoms with E-state index in [1.54, 1.807) is 0 Å². The minimum Gasteiger partial charge on any atom is -0.474 e. The third-order valence-electron chi connectivity index (χ3n) is 2.26. The van der Waals surface area contributed by atoms with Crippen molar-refractivity contribution in [2.45, 2.75) is 18.9 Å². The van der Waals surface area contributed by atoms with E-state index in [0.29, 0.717) is 12.0 Å². The van der Waals surface area contributed by atoms with Crippen molar-refractivity contribution in [3.05, 3.63) is 22.8 Å². The highest BCUT2D eigenvalue weighted by Crippen LogP contribution is 2.16. The number of halogens is 1. The summed E-state index contributed by atoms with van der Waals surface area (Å²) in [6.07, 6.45) is 2.45. The number of hydrogen-bond donors (Lipinski definition) is 1. The second kappa shape index (κ2) is 4.75. The first kappa shape index (κ1) is 9.93. The summed E-state index contributed by atoms with van der Waals surface area (Å²) in [5.74, 6) is 0.714. The number of ether oxygens (including phenoxy) is 1. The lowest BCUT2D eigenvalue weighted by Gasteiger charge is -2.23. The molecule has 0 radical (unpaired) electrons. The molecule has 1 aromatic rings. The molecule has 0 saturated carbocycles. The molecule has 0 unspecified atom stereocenters. The van der Waals surface area contributed by atoms with Crippen molar-refractivity contribution in [3.63, 3.8) is 0 Å². The van der Waals surface area contributed by atoms with Gasteiger partial charge in [-0.2, -0.15) is 0 Å². The summed E-state index contributed by atoms with van der Waals surface area (Å²) in [5, 5.41) is 3.30. The zero-order valence-corrected chi connectivity index (χ0v) is 9.46. The molecule has 4 heteroatoms. The molecular formula is C10H13BrN2O. The average molecular weight is 257 g/mol. The predicted molar refractivity (Wildman–Crippen MR) is 58.5 cm³/mol. The molecule has 0 bridgehead atoms. The number of pyridine rings is 1. The van der Waals surface area contributed by atoms with Crippen molar-refractivity contribution in [3.8, 4) is 5.88 Å². The van der Waals surface area contributed by atoms with Crippen molar-refractivity contribution in [1.29, 1.82) is 0 Å². The van der Waals surface area contributed by atoms with Gasteiger partial charge in [-0.15, -0.1) is 0 Å². The molecule has 0 spiro atoms. The van der Waals surface area contributed by atoms with Gasteiger partial charge < -0.3 is 10.1 Å². The quantitative estimate of drug-likeness (QED) is 0.822. The minimum atomic E-state index is 0.318. The molecule has 1 aliphatic rings. The lowest BCUT2D eigenvalue weighted by molar-refractivity contribution is 0.155. The van der Waals surface area contributed by atoms with Gasteiger partial charge in [0.2, 0.25) is 5.88 Å². The van der Waals surface area contributed by atoms with Crippen molar-refractivity contribution in [1.82, 2.24) is 10.3 Å². The van der Waals surface area contributed by atoms with Crippen molar-refractivity contribution in [2.24, 2.45) is 0 Å². The number of nitrogens with zero attached hydrogens (tertiary/aromatic N) is 1. The number of nitrogens with one attached hydrogen (secondary N) is 1. The fraction of sp³-hybridized carbons (Fsp3) is 0.500. The van der Waals surface area contributed by atoms with Crippen LogP contribution in [-0.4, -0.2) is 24.2 Å². The summed E-state index contributed by atoms with van der Waals surface area (Å²) in [4.78, 5) is 4.24. The molecule has 1 fully saturated rings. The molecule has 14 heavy (non-hydrogen) atoms. The SMILES string of the molecule is Brc1cccc(OC2CCNCC2)n1. The van der Waals surface area contributed by atoms with E-state index in [-0.39, 0.29) is 0 Å². The van der Waals surface area contributed by atoms with Crippen LogP contribution in [0.1, 0.15) is 12.8 Å². The van der Waals surface area contributed by atoms with Crippen LogP contribution in [0.2, 0.25) is 0 Å². The van der Waals surface area contributed by atoms with Gasteiger partial charge in [0.15, 0.2) is 0 Å². The van der Waals surface area contributed by atoms with E-state index >= 15 is 0 Å². The molecule has 1 aliphatic heterocycles. The normalized spacial score (nSPS) is 18.1. The fourth-order valence-corrected chi connectivity index (χ4v) is 1.87. The smallest absolute Gasteiger partial charge is 0.214 e. The van der Waals surface area contributed by atoms with Crippen LogP contribution in [0.3, 0.4) is 0 Å². The van der Waals surface area contributed by atoms with Gasteiger partial charge in [0, 0.05) is 6.07 Å². The van der Waals surface area contributed by atoms with Gasteiger partial charge in [-0.3, -0.25) is 0 Å². The molecule has 2 heterocycles. The molecule has 0 aromatic carbocycles. The molecule has 1 aromatic heterocycles. The summed E-state index contributed by atoms with van der Waals surface area (Å²) in [6.45, 7) is 2.08. The molecule has 0 amide bonds. The Hall–Kier alpha value is -0.610. The largest absolute Gasteiger partial charge is 0.474 e. The molecule has 1 N–H and O–H groups in total. The first-order valence-electron chi connectivity index (χ1n) is 4.84. The first-order valence-corrected chi connectivity index (χ1v) is 5.64. The Bertz CT molecular complexity index is 300. The van der Waals surface area contributed by atoms with Crippen LogP contribution in [0, 0.1) is 0 Å². The van der Waals surface area contributed by atoms with Crippen LogP contribution in [0.15, 0.2) is 22.8 Å². The van der Waals surface area contributed by atoms with Crippen LogP contribution in [0.4, 0.5) is 0 Å². The number of aromatic nitrogens is 1. The molecule has 0 atom stereocenters. The highest BCUT2D eigenvalue weighted by molar-refractivity contribution is 9.10. The number of hydrogen-bond acceptors (Lipinski definition) is 3. The summed E-state index contributed by atoms with van der Waals surface area (Å²) < 4.78 is 6.58. The lowest BCUT2D eigenvalue weighted by atomic mass is 10.1. The van der Waals surface area contributed by atoms with Gasteiger partial charge in [-0.25, -0.2) is 4.98 Å². The van der Waals surface area contributed by atoms with Gasteiger partial charge in [0.1, 0.15) is 10.7 Å². The number of rotatable bonds is 2. The molecule has 1 saturated heterocycles. The highest BCUT2D eigenvalue weighted by Gasteiger charge is 2.14. The van der Waals surface area contributed by atoms with Crippen molar-refractivity contribution < 1.29 is 4.74 Å². The zero-order chi connectivity index (χ0) is 9.80. The zero-order valence-electron chi connectivity index (χ0n) is 7.87. The van der Waals surface area contributed by atoms with Crippen LogP contribution in [0.5, 0.6) is 5.88 Å². The van der Waals surface area contributed by atoms with E-state index in [2.05, 4.69) is 26.2 Å². The van der Waals surface area contributed by atoms with Gasteiger partial charge in [-0.1, -0.05) is 6.07 Å². The summed E-state index contributed by atoms with van der Waals surface area (Å²) in [6, 6.07) is 5.73. The van der Waals surface area contributed by atoms with E-state index in [4.69, 9.17) is 4.74 Å². The summed E-state index contributed by atoms with van der Waals surface area (Å²) in [5.41, 5.74) is 0. The Morgan fingerprint density at radius 1 is 1.36 bits per heavy atom. The van der Waals surface area contributed by atoms with Crippen LogP contribution in [0.25, 0.3) is 0 Å². The molecular weight excluding hydrogens is 244 g/mol. The van der Waals surface area contributed by atoms with Crippen LogP contribution in [-0.2, 0) is 0 Å². The Morgan fingerprint density at radius 3 is 2.86 bits per heavy atom. The van der Waals surface area contributed by atoms with Gasteiger partial charge in [0.05, 0.1) is 0 Å². The lowest BCUT2D eigenvalue weighted by Crippen LogP contribution is -2.34. The van der Waals surface area contributed by atoms with E-state index in [1.807, 2.05) is 18.2 Å². The average Bonchev–Trinajstić information content (AvgIpc) is 2.19. The van der Waals surface area contributed by atoms with Crippen LogP contribution < -0.4 is 10.1 Å². The second-order valence-corrected chi connectivity index (χ2v) is 4.18.